The molecule has 1 aliphatic heterocycles. The summed E-state index contributed by atoms with van der Waals surface area (Å²) in [4.78, 5) is 6.83. The van der Waals surface area contributed by atoms with E-state index >= 15 is 0 Å². The van der Waals surface area contributed by atoms with Crippen LogP contribution in [0, 0.1) is 6.92 Å². The molecule has 0 radical (unpaired) electrons. The first kappa shape index (κ1) is 11.6. The second-order valence-electron chi connectivity index (χ2n) is 5.23. The predicted molar refractivity (Wildman–Crippen MR) is 74.7 cm³/mol. The minimum Gasteiger partial charge on any atom is -0.308 e. The standard InChI is InChI=1S/C15H19N3/c1-11-7-13-8-12(3-4-14(13)17-9-11)15-10-18(2)6-5-16-15/h3-4,7-9,15-16H,5-6,10H2,1-2H3. The van der Waals surface area contributed by atoms with Crippen molar-refractivity contribution in [3.05, 3.63) is 41.6 Å². The zero-order valence-corrected chi connectivity index (χ0v) is 11.0. The molecule has 0 amide bonds. The Kier molecular flexibility index (Phi) is 3.02. The van der Waals surface area contributed by atoms with Crippen molar-refractivity contribution in [2.45, 2.75) is 13.0 Å². The Balaban J connectivity index is 1.96. The molecule has 1 aromatic carbocycles. The number of benzene rings is 1. The van der Waals surface area contributed by atoms with E-state index in [1.165, 1.54) is 16.5 Å². The minimum absolute atomic E-state index is 0.439. The molecule has 1 aliphatic rings. The van der Waals surface area contributed by atoms with E-state index in [1.54, 1.807) is 0 Å². The maximum atomic E-state index is 4.45. The van der Waals surface area contributed by atoms with Crippen LogP contribution in [0.3, 0.4) is 0 Å². The zero-order valence-electron chi connectivity index (χ0n) is 11.0. The minimum atomic E-state index is 0.439. The van der Waals surface area contributed by atoms with Crippen LogP contribution >= 0.6 is 0 Å². The molecule has 3 nitrogen and oxygen atoms in total. The summed E-state index contributed by atoms with van der Waals surface area (Å²) in [5.74, 6) is 0. The van der Waals surface area contributed by atoms with Crippen molar-refractivity contribution < 1.29 is 0 Å². The largest absolute Gasteiger partial charge is 0.308 e. The average Bonchev–Trinajstić information content (AvgIpc) is 2.38. The van der Waals surface area contributed by atoms with E-state index < -0.39 is 0 Å². The van der Waals surface area contributed by atoms with Gasteiger partial charge in [-0.3, -0.25) is 4.98 Å². The smallest absolute Gasteiger partial charge is 0.0702 e. The Labute approximate surface area is 108 Å². The van der Waals surface area contributed by atoms with Gasteiger partial charge in [0.25, 0.3) is 0 Å². The molecule has 1 N–H and O–H groups in total. The maximum absolute atomic E-state index is 4.45. The molecule has 3 rings (SSSR count). The fourth-order valence-electron chi connectivity index (χ4n) is 2.60. The number of nitrogens with zero attached hydrogens (tertiary/aromatic N) is 2. The number of pyridine rings is 1. The summed E-state index contributed by atoms with van der Waals surface area (Å²) in [6.07, 6.45) is 1.93. The normalized spacial score (nSPS) is 21.3. The van der Waals surface area contributed by atoms with Crippen LogP contribution in [0.4, 0.5) is 0 Å². The molecule has 1 atom stereocenters. The lowest BCUT2D eigenvalue weighted by molar-refractivity contribution is 0.241. The summed E-state index contributed by atoms with van der Waals surface area (Å²) >= 11 is 0. The fraction of sp³-hybridized carbons (Fsp3) is 0.400. The van der Waals surface area contributed by atoms with E-state index in [-0.39, 0.29) is 0 Å². The highest BCUT2D eigenvalue weighted by molar-refractivity contribution is 5.79. The highest BCUT2D eigenvalue weighted by atomic mass is 15.2. The van der Waals surface area contributed by atoms with E-state index in [4.69, 9.17) is 0 Å². The molecule has 0 spiro atoms. The molecule has 0 saturated carbocycles. The second-order valence-corrected chi connectivity index (χ2v) is 5.23. The maximum Gasteiger partial charge on any atom is 0.0702 e. The average molecular weight is 241 g/mol. The Morgan fingerprint density at radius 1 is 1.33 bits per heavy atom. The van der Waals surface area contributed by atoms with Gasteiger partial charge in [0.05, 0.1) is 5.52 Å². The molecule has 1 fully saturated rings. The molecule has 3 heteroatoms. The van der Waals surface area contributed by atoms with Gasteiger partial charge < -0.3 is 10.2 Å². The quantitative estimate of drug-likeness (QED) is 0.829. The van der Waals surface area contributed by atoms with Gasteiger partial charge in [0.2, 0.25) is 0 Å². The van der Waals surface area contributed by atoms with Crippen molar-refractivity contribution in [3.8, 4) is 0 Å². The Morgan fingerprint density at radius 3 is 3.06 bits per heavy atom. The first-order chi connectivity index (χ1) is 8.72. The van der Waals surface area contributed by atoms with Crippen LogP contribution in [0.15, 0.2) is 30.5 Å². The van der Waals surface area contributed by atoms with Crippen molar-refractivity contribution in [2.24, 2.45) is 0 Å². The molecule has 94 valence electrons. The van der Waals surface area contributed by atoms with E-state index in [1.807, 2.05) is 6.20 Å². The van der Waals surface area contributed by atoms with Gasteiger partial charge in [-0.1, -0.05) is 6.07 Å². The van der Waals surface area contributed by atoms with E-state index in [9.17, 15) is 0 Å². The molecular weight excluding hydrogens is 222 g/mol. The molecule has 1 aromatic heterocycles. The van der Waals surface area contributed by atoms with Crippen LogP contribution in [0.25, 0.3) is 10.9 Å². The molecule has 18 heavy (non-hydrogen) atoms. The summed E-state index contributed by atoms with van der Waals surface area (Å²) in [6.45, 7) is 5.35. The van der Waals surface area contributed by atoms with Crippen molar-refractivity contribution in [1.29, 1.82) is 0 Å². The van der Waals surface area contributed by atoms with Gasteiger partial charge in [-0.15, -0.1) is 0 Å². The van der Waals surface area contributed by atoms with Gasteiger partial charge in [0.15, 0.2) is 0 Å². The molecule has 1 unspecified atom stereocenters. The summed E-state index contributed by atoms with van der Waals surface area (Å²) in [5.41, 5.74) is 3.66. The molecular formula is C15H19N3. The van der Waals surface area contributed by atoms with E-state index in [2.05, 4.69) is 53.4 Å². The van der Waals surface area contributed by atoms with Crippen LogP contribution in [-0.2, 0) is 0 Å². The van der Waals surface area contributed by atoms with Crippen molar-refractivity contribution in [1.82, 2.24) is 15.2 Å². The zero-order chi connectivity index (χ0) is 12.5. The summed E-state index contributed by atoms with van der Waals surface area (Å²) in [7, 11) is 2.18. The topological polar surface area (TPSA) is 28.2 Å². The summed E-state index contributed by atoms with van der Waals surface area (Å²) in [6, 6.07) is 9.24. The summed E-state index contributed by atoms with van der Waals surface area (Å²) < 4.78 is 0. The Morgan fingerprint density at radius 2 is 2.22 bits per heavy atom. The first-order valence-electron chi connectivity index (χ1n) is 6.50. The number of aromatic nitrogens is 1. The van der Waals surface area contributed by atoms with Crippen LogP contribution in [0.1, 0.15) is 17.2 Å². The highest BCUT2D eigenvalue weighted by Crippen LogP contribution is 2.21. The number of likely N-dealkylation sites (N-methyl/N-ethyl adjacent to an activating group) is 1. The predicted octanol–water partition coefficient (Wildman–Crippen LogP) is 2.12. The van der Waals surface area contributed by atoms with Crippen molar-refractivity contribution in [3.63, 3.8) is 0 Å². The third-order valence-electron chi connectivity index (χ3n) is 3.62. The number of hydrogen-bond donors (Lipinski definition) is 1. The van der Waals surface area contributed by atoms with Gasteiger partial charge in [-0.05, 0) is 43.3 Å². The molecule has 0 aliphatic carbocycles. The number of fused-ring (bicyclic) bond motifs is 1. The Bertz CT molecular complexity index is 565. The van der Waals surface area contributed by atoms with Crippen molar-refractivity contribution in [2.75, 3.05) is 26.7 Å². The number of hydrogen-bond acceptors (Lipinski definition) is 3. The van der Waals surface area contributed by atoms with Crippen LogP contribution in [0.5, 0.6) is 0 Å². The van der Waals surface area contributed by atoms with Crippen LogP contribution in [-0.4, -0.2) is 36.6 Å². The molecule has 2 heterocycles. The van der Waals surface area contributed by atoms with E-state index in [0.717, 1.165) is 25.2 Å². The SMILES string of the molecule is Cc1cnc2ccc(C3CN(C)CCN3)cc2c1. The van der Waals surface area contributed by atoms with Crippen LogP contribution < -0.4 is 5.32 Å². The van der Waals surface area contributed by atoms with Gasteiger partial charge >= 0.3 is 0 Å². The second kappa shape index (κ2) is 4.67. The molecule has 0 bridgehead atoms. The van der Waals surface area contributed by atoms with E-state index in [0.29, 0.717) is 6.04 Å². The van der Waals surface area contributed by atoms with Gasteiger partial charge in [0.1, 0.15) is 0 Å². The third kappa shape index (κ3) is 2.24. The van der Waals surface area contributed by atoms with Gasteiger partial charge in [-0.25, -0.2) is 0 Å². The Hall–Kier alpha value is -1.45. The van der Waals surface area contributed by atoms with Gasteiger partial charge in [-0.2, -0.15) is 0 Å². The number of rotatable bonds is 1. The highest BCUT2D eigenvalue weighted by Gasteiger charge is 2.18. The lowest BCUT2D eigenvalue weighted by atomic mass is 10.0. The number of aryl methyl sites for hydroxylation is 1. The number of nitrogens with one attached hydrogen (secondary N) is 1. The fourth-order valence-corrected chi connectivity index (χ4v) is 2.60. The summed E-state index contributed by atoms with van der Waals surface area (Å²) in [5, 5.41) is 4.82. The molecule has 2 aromatic rings. The lowest BCUT2D eigenvalue weighted by Gasteiger charge is -2.31. The van der Waals surface area contributed by atoms with Gasteiger partial charge in [0, 0.05) is 37.3 Å². The lowest BCUT2D eigenvalue weighted by Crippen LogP contribution is -2.43. The van der Waals surface area contributed by atoms with Crippen LogP contribution in [0.2, 0.25) is 0 Å². The third-order valence-corrected chi connectivity index (χ3v) is 3.62. The number of piperazine rings is 1. The molecule has 1 saturated heterocycles. The monoisotopic (exact) mass is 241 g/mol. The van der Waals surface area contributed by atoms with Crippen molar-refractivity contribution >= 4 is 10.9 Å². The first-order valence-corrected chi connectivity index (χ1v) is 6.50.